The fourth-order valence-corrected chi connectivity index (χ4v) is 3.01. The summed E-state index contributed by atoms with van der Waals surface area (Å²) < 4.78 is 0. The molecule has 0 spiro atoms. The molecule has 0 amide bonds. The zero-order valence-electron chi connectivity index (χ0n) is 11.6. The Morgan fingerprint density at radius 3 is 2.60 bits per heavy atom. The minimum Gasteiger partial charge on any atom is -0.305 e. The van der Waals surface area contributed by atoms with E-state index in [0.29, 0.717) is 0 Å². The van der Waals surface area contributed by atoms with Crippen molar-refractivity contribution < 1.29 is 4.92 Å². The summed E-state index contributed by atoms with van der Waals surface area (Å²) in [6, 6.07) is 9.06. The fraction of sp³-hybridized carbons (Fsp3) is 0.333. The van der Waals surface area contributed by atoms with Crippen LogP contribution in [0.2, 0.25) is 0 Å². The van der Waals surface area contributed by atoms with Crippen molar-refractivity contribution >= 4 is 17.0 Å². The lowest BCUT2D eigenvalue weighted by Crippen LogP contribution is -2.18. The van der Waals surface area contributed by atoms with Gasteiger partial charge in [-0.05, 0) is 35.9 Å². The smallest absolute Gasteiger partial charge is 0.269 e. The molecule has 0 aliphatic rings. The van der Waals surface area contributed by atoms with E-state index < -0.39 is 0 Å². The van der Waals surface area contributed by atoms with Gasteiger partial charge >= 0.3 is 0 Å². The van der Waals surface area contributed by atoms with Gasteiger partial charge in [0, 0.05) is 29.6 Å². The van der Waals surface area contributed by atoms with Crippen LogP contribution in [-0.4, -0.2) is 4.92 Å². The first-order valence-corrected chi connectivity index (χ1v) is 7.52. The molecule has 1 aromatic carbocycles. The molecule has 0 fully saturated rings. The molecule has 1 aromatic heterocycles. The van der Waals surface area contributed by atoms with Crippen molar-refractivity contribution in [1.29, 1.82) is 0 Å². The van der Waals surface area contributed by atoms with Crippen LogP contribution < -0.4 is 5.32 Å². The summed E-state index contributed by atoms with van der Waals surface area (Å²) in [5.41, 5.74) is 2.58. The average molecular weight is 290 g/mol. The van der Waals surface area contributed by atoms with Crippen LogP contribution in [0.15, 0.2) is 35.7 Å². The molecule has 0 saturated carbocycles. The summed E-state index contributed by atoms with van der Waals surface area (Å²) in [5.74, 6) is 0. The Kier molecular flexibility index (Phi) is 4.87. The molecule has 1 unspecified atom stereocenters. The van der Waals surface area contributed by atoms with E-state index in [1.807, 2.05) is 12.1 Å². The molecular weight excluding hydrogens is 272 g/mol. The lowest BCUT2D eigenvalue weighted by molar-refractivity contribution is -0.384. The first-order valence-electron chi connectivity index (χ1n) is 6.64. The number of thiophene rings is 1. The number of nitro benzene ring substituents is 1. The number of benzene rings is 1. The van der Waals surface area contributed by atoms with Crippen molar-refractivity contribution in [2.75, 3.05) is 0 Å². The van der Waals surface area contributed by atoms with Gasteiger partial charge in [0.2, 0.25) is 0 Å². The van der Waals surface area contributed by atoms with Gasteiger partial charge in [0.05, 0.1) is 4.92 Å². The van der Waals surface area contributed by atoms with Gasteiger partial charge in [0.15, 0.2) is 0 Å². The summed E-state index contributed by atoms with van der Waals surface area (Å²) in [4.78, 5) is 11.6. The molecule has 0 saturated heterocycles. The van der Waals surface area contributed by atoms with Crippen LogP contribution in [0.1, 0.15) is 35.9 Å². The summed E-state index contributed by atoms with van der Waals surface area (Å²) in [5, 5.41) is 16.2. The lowest BCUT2D eigenvalue weighted by atomic mass is 10.1. The number of rotatable bonds is 6. The van der Waals surface area contributed by atoms with E-state index in [-0.39, 0.29) is 16.7 Å². The highest BCUT2D eigenvalue weighted by molar-refractivity contribution is 7.10. The molecule has 5 heteroatoms. The largest absolute Gasteiger partial charge is 0.305 e. The van der Waals surface area contributed by atoms with E-state index in [4.69, 9.17) is 0 Å². The summed E-state index contributed by atoms with van der Waals surface area (Å²) in [6.45, 7) is 5.06. The number of hydrogen-bond donors (Lipinski definition) is 1. The maximum Gasteiger partial charge on any atom is 0.269 e. The van der Waals surface area contributed by atoms with Gasteiger partial charge in [-0.2, -0.15) is 0 Å². The Labute approximate surface area is 122 Å². The zero-order valence-corrected chi connectivity index (χ0v) is 12.4. The summed E-state index contributed by atoms with van der Waals surface area (Å²) >= 11 is 1.77. The van der Waals surface area contributed by atoms with Crippen LogP contribution in [0.25, 0.3) is 0 Å². The Morgan fingerprint density at radius 2 is 2.00 bits per heavy atom. The third kappa shape index (κ3) is 3.43. The molecule has 1 heterocycles. The SMILES string of the molecule is CCc1ccsc1CNC(C)c1ccc([N+](=O)[O-])cc1. The molecule has 2 aromatic rings. The third-order valence-electron chi connectivity index (χ3n) is 3.39. The Hall–Kier alpha value is -1.72. The van der Waals surface area contributed by atoms with Crippen LogP contribution >= 0.6 is 11.3 Å². The molecule has 2 rings (SSSR count). The van der Waals surface area contributed by atoms with Crippen molar-refractivity contribution in [1.82, 2.24) is 5.32 Å². The minimum absolute atomic E-state index is 0.132. The number of hydrogen-bond acceptors (Lipinski definition) is 4. The Bertz CT molecular complexity index is 578. The van der Waals surface area contributed by atoms with Gasteiger partial charge in [-0.25, -0.2) is 0 Å². The second-order valence-electron chi connectivity index (χ2n) is 4.67. The van der Waals surface area contributed by atoms with Crippen molar-refractivity contribution in [3.63, 3.8) is 0 Å². The van der Waals surface area contributed by atoms with Crippen LogP contribution in [0.5, 0.6) is 0 Å². The highest BCUT2D eigenvalue weighted by Crippen LogP contribution is 2.20. The Balaban J connectivity index is 1.98. The molecule has 0 radical (unpaired) electrons. The molecule has 1 atom stereocenters. The number of aryl methyl sites for hydroxylation is 1. The highest BCUT2D eigenvalue weighted by atomic mass is 32.1. The first kappa shape index (κ1) is 14.7. The molecule has 20 heavy (non-hydrogen) atoms. The van der Waals surface area contributed by atoms with Gasteiger partial charge in [-0.3, -0.25) is 10.1 Å². The van der Waals surface area contributed by atoms with E-state index in [2.05, 4.69) is 30.6 Å². The van der Waals surface area contributed by atoms with Crippen molar-refractivity contribution in [3.05, 3.63) is 61.8 Å². The van der Waals surface area contributed by atoms with E-state index in [0.717, 1.165) is 18.5 Å². The van der Waals surface area contributed by atoms with E-state index in [1.165, 1.54) is 10.4 Å². The maximum absolute atomic E-state index is 10.6. The van der Waals surface area contributed by atoms with Gasteiger partial charge < -0.3 is 5.32 Å². The molecule has 0 aliphatic carbocycles. The maximum atomic E-state index is 10.6. The normalized spacial score (nSPS) is 12.3. The molecule has 1 N–H and O–H groups in total. The van der Waals surface area contributed by atoms with Crippen LogP contribution in [0.3, 0.4) is 0 Å². The molecule has 0 aliphatic heterocycles. The number of nitrogens with one attached hydrogen (secondary N) is 1. The van der Waals surface area contributed by atoms with E-state index >= 15 is 0 Å². The minimum atomic E-state index is -0.374. The lowest BCUT2D eigenvalue weighted by Gasteiger charge is -2.14. The Morgan fingerprint density at radius 1 is 1.30 bits per heavy atom. The summed E-state index contributed by atoms with van der Waals surface area (Å²) in [6.07, 6.45) is 1.05. The van der Waals surface area contributed by atoms with Crippen molar-refractivity contribution in [2.45, 2.75) is 32.9 Å². The predicted octanol–water partition coefficient (Wildman–Crippen LogP) is 4.07. The first-order chi connectivity index (χ1) is 9.61. The van der Waals surface area contributed by atoms with Gasteiger partial charge in [0.25, 0.3) is 5.69 Å². The standard InChI is InChI=1S/C15H18N2O2S/c1-3-12-8-9-20-15(12)10-16-11(2)13-4-6-14(7-5-13)17(18)19/h4-9,11,16H,3,10H2,1-2H3. The van der Waals surface area contributed by atoms with Crippen molar-refractivity contribution in [2.24, 2.45) is 0 Å². The molecule has 4 nitrogen and oxygen atoms in total. The number of nitrogens with zero attached hydrogens (tertiary/aromatic N) is 1. The van der Waals surface area contributed by atoms with Crippen LogP contribution in [0, 0.1) is 10.1 Å². The van der Waals surface area contributed by atoms with Crippen molar-refractivity contribution in [3.8, 4) is 0 Å². The highest BCUT2D eigenvalue weighted by Gasteiger charge is 2.10. The number of nitro groups is 1. The monoisotopic (exact) mass is 290 g/mol. The topological polar surface area (TPSA) is 55.2 Å². The van der Waals surface area contributed by atoms with E-state index in [9.17, 15) is 10.1 Å². The van der Waals surface area contributed by atoms with Crippen LogP contribution in [-0.2, 0) is 13.0 Å². The fourth-order valence-electron chi connectivity index (χ4n) is 2.09. The predicted molar refractivity (Wildman–Crippen MR) is 82.0 cm³/mol. The quantitative estimate of drug-likeness (QED) is 0.644. The second kappa shape index (κ2) is 6.63. The molecular formula is C15H18N2O2S. The number of non-ortho nitro benzene ring substituents is 1. The van der Waals surface area contributed by atoms with Gasteiger partial charge in [-0.1, -0.05) is 19.1 Å². The second-order valence-corrected chi connectivity index (χ2v) is 5.67. The summed E-state index contributed by atoms with van der Waals surface area (Å²) in [7, 11) is 0. The zero-order chi connectivity index (χ0) is 14.5. The average Bonchev–Trinajstić information content (AvgIpc) is 2.92. The molecule has 106 valence electrons. The van der Waals surface area contributed by atoms with E-state index in [1.54, 1.807) is 23.5 Å². The van der Waals surface area contributed by atoms with Gasteiger partial charge in [0.1, 0.15) is 0 Å². The third-order valence-corrected chi connectivity index (χ3v) is 4.35. The van der Waals surface area contributed by atoms with Crippen LogP contribution in [0.4, 0.5) is 5.69 Å². The van der Waals surface area contributed by atoms with Gasteiger partial charge in [-0.15, -0.1) is 11.3 Å². The molecule has 0 bridgehead atoms.